The molecule has 8 nitrogen and oxygen atoms in total. The first-order chi connectivity index (χ1) is 10.7. The molecular formula is C14H23N5O3. The van der Waals surface area contributed by atoms with E-state index < -0.39 is 4.92 Å². The first-order valence-corrected chi connectivity index (χ1v) is 7.49. The van der Waals surface area contributed by atoms with Crippen LogP contribution in [0.4, 0.5) is 11.5 Å². The molecule has 122 valence electrons. The van der Waals surface area contributed by atoms with Gasteiger partial charge < -0.3 is 15.0 Å². The Labute approximate surface area is 130 Å². The number of hydrogen-bond acceptors (Lipinski definition) is 7. The maximum Gasteiger partial charge on any atom is 0.287 e. The van der Waals surface area contributed by atoms with Crippen LogP contribution in [0.1, 0.15) is 0 Å². The number of morpholine rings is 1. The van der Waals surface area contributed by atoms with Gasteiger partial charge in [-0.3, -0.25) is 15.0 Å². The van der Waals surface area contributed by atoms with Gasteiger partial charge in [0.1, 0.15) is 12.0 Å². The molecule has 1 aromatic rings. The van der Waals surface area contributed by atoms with Gasteiger partial charge in [-0.2, -0.15) is 0 Å². The van der Waals surface area contributed by atoms with Crippen molar-refractivity contribution in [2.75, 3.05) is 64.4 Å². The Kier molecular flexibility index (Phi) is 6.50. The number of rotatable bonds is 8. The van der Waals surface area contributed by atoms with Crippen molar-refractivity contribution in [3.63, 3.8) is 0 Å². The molecule has 1 fully saturated rings. The van der Waals surface area contributed by atoms with Crippen molar-refractivity contribution in [3.05, 3.63) is 28.4 Å². The minimum atomic E-state index is -0.441. The molecule has 1 N–H and O–H groups in total. The highest BCUT2D eigenvalue weighted by Gasteiger charge is 2.10. The highest BCUT2D eigenvalue weighted by atomic mass is 16.6. The van der Waals surface area contributed by atoms with Gasteiger partial charge in [0.05, 0.1) is 18.1 Å². The fraction of sp³-hybridized carbons (Fsp3) is 0.643. The lowest BCUT2D eigenvalue weighted by molar-refractivity contribution is -0.385. The molecule has 1 saturated heterocycles. The predicted molar refractivity (Wildman–Crippen MR) is 84.3 cm³/mol. The molecule has 0 bridgehead atoms. The second kappa shape index (κ2) is 8.62. The summed E-state index contributed by atoms with van der Waals surface area (Å²) in [6.07, 6.45) is 1.29. The van der Waals surface area contributed by atoms with E-state index in [1.54, 1.807) is 6.07 Å². The van der Waals surface area contributed by atoms with Gasteiger partial charge in [0.2, 0.25) is 0 Å². The van der Waals surface area contributed by atoms with Gasteiger partial charge in [-0.25, -0.2) is 4.98 Å². The smallest absolute Gasteiger partial charge is 0.287 e. The minimum absolute atomic E-state index is 0.0146. The van der Waals surface area contributed by atoms with Crippen LogP contribution >= 0.6 is 0 Å². The van der Waals surface area contributed by atoms with E-state index in [1.165, 1.54) is 12.3 Å². The third-order valence-corrected chi connectivity index (χ3v) is 3.67. The van der Waals surface area contributed by atoms with Crippen LogP contribution in [0.5, 0.6) is 0 Å². The summed E-state index contributed by atoms with van der Waals surface area (Å²) in [7, 11) is 1.93. The van der Waals surface area contributed by atoms with Crippen molar-refractivity contribution in [2.24, 2.45) is 0 Å². The van der Waals surface area contributed by atoms with E-state index in [4.69, 9.17) is 4.74 Å². The largest absolute Gasteiger partial charge is 0.379 e. The van der Waals surface area contributed by atoms with E-state index in [9.17, 15) is 10.1 Å². The molecule has 2 heterocycles. The van der Waals surface area contributed by atoms with Crippen LogP contribution in [-0.4, -0.2) is 74.3 Å². The number of ether oxygens (including phenoxy) is 1. The van der Waals surface area contributed by atoms with E-state index in [2.05, 4.69) is 15.2 Å². The van der Waals surface area contributed by atoms with Crippen LogP contribution in [0.25, 0.3) is 0 Å². The summed E-state index contributed by atoms with van der Waals surface area (Å²) in [6, 6.07) is 3.15. The van der Waals surface area contributed by atoms with Crippen molar-refractivity contribution in [3.8, 4) is 0 Å². The molecular weight excluding hydrogens is 286 g/mol. The lowest BCUT2D eigenvalue weighted by Gasteiger charge is -2.26. The number of pyridine rings is 1. The Bertz CT molecular complexity index is 462. The van der Waals surface area contributed by atoms with Crippen LogP contribution in [0.2, 0.25) is 0 Å². The number of nitro groups is 1. The summed E-state index contributed by atoms with van der Waals surface area (Å²) in [5.74, 6) is 0.737. The second-order valence-corrected chi connectivity index (χ2v) is 5.26. The number of nitrogens with one attached hydrogen (secondary N) is 1. The zero-order valence-electron chi connectivity index (χ0n) is 12.9. The van der Waals surface area contributed by atoms with E-state index in [-0.39, 0.29) is 5.69 Å². The van der Waals surface area contributed by atoms with Crippen molar-refractivity contribution in [1.29, 1.82) is 0 Å². The Balaban J connectivity index is 1.62. The molecule has 0 aliphatic carbocycles. The maximum atomic E-state index is 10.6. The number of likely N-dealkylation sites (N-methyl/N-ethyl adjacent to an activating group) is 1. The van der Waals surface area contributed by atoms with E-state index in [1.807, 2.05) is 11.9 Å². The zero-order valence-corrected chi connectivity index (χ0v) is 12.9. The quantitative estimate of drug-likeness (QED) is 0.421. The molecule has 0 aromatic carbocycles. The van der Waals surface area contributed by atoms with Crippen LogP contribution in [0, 0.1) is 10.1 Å². The lowest BCUT2D eigenvalue weighted by atomic mass is 10.4. The normalized spacial score (nSPS) is 15.7. The minimum Gasteiger partial charge on any atom is -0.379 e. The fourth-order valence-electron chi connectivity index (χ4n) is 2.26. The van der Waals surface area contributed by atoms with Crippen molar-refractivity contribution in [1.82, 2.24) is 15.2 Å². The fourth-order valence-corrected chi connectivity index (χ4v) is 2.26. The number of aromatic nitrogens is 1. The first-order valence-electron chi connectivity index (χ1n) is 7.49. The Hall–Kier alpha value is -1.77. The Morgan fingerprint density at radius 2 is 2.18 bits per heavy atom. The number of hydrogen-bond donors (Lipinski definition) is 1. The highest BCUT2D eigenvalue weighted by molar-refractivity contribution is 5.42. The Morgan fingerprint density at radius 1 is 1.41 bits per heavy atom. The van der Waals surface area contributed by atoms with Gasteiger partial charge >= 0.3 is 0 Å². The van der Waals surface area contributed by atoms with E-state index >= 15 is 0 Å². The lowest BCUT2D eigenvalue weighted by Crippen LogP contribution is -2.41. The molecule has 0 atom stereocenters. The third kappa shape index (κ3) is 5.21. The average Bonchev–Trinajstić information content (AvgIpc) is 2.55. The van der Waals surface area contributed by atoms with Crippen molar-refractivity contribution in [2.45, 2.75) is 0 Å². The number of anilines is 1. The van der Waals surface area contributed by atoms with Gasteiger partial charge in [-0.05, 0) is 6.07 Å². The molecule has 22 heavy (non-hydrogen) atoms. The second-order valence-electron chi connectivity index (χ2n) is 5.26. The van der Waals surface area contributed by atoms with Crippen LogP contribution < -0.4 is 10.2 Å². The van der Waals surface area contributed by atoms with Gasteiger partial charge in [0.25, 0.3) is 5.69 Å². The standard InChI is InChI=1S/C14H23N5O3/c1-17(14-3-2-13(12-16-14)19(20)21)6-4-15-5-7-18-8-10-22-11-9-18/h2-3,12,15H,4-11H2,1H3. The summed E-state index contributed by atoms with van der Waals surface area (Å²) >= 11 is 0. The summed E-state index contributed by atoms with van der Waals surface area (Å²) in [4.78, 5) is 18.6. The predicted octanol–water partition coefficient (Wildman–Crippen LogP) is 0.348. The van der Waals surface area contributed by atoms with Crippen LogP contribution in [0.3, 0.4) is 0 Å². The molecule has 1 aliphatic rings. The van der Waals surface area contributed by atoms with Gasteiger partial charge in [0.15, 0.2) is 0 Å². The highest BCUT2D eigenvalue weighted by Crippen LogP contribution is 2.14. The van der Waals surface area contributed by atoms with Gasteiger partial charge in [0, 0.05) is 52.4 Å². The average molecular weight is 309 g/mol. The van der Waals surface area contributed by atoms with Crippen LogP contribution in [0.15, 0.2) is 18.3 Å². The molecule has 0 unspecified atom stereocenters. The van der Waals surface area contributed by atoms with Gasteiger partial charge in [-0.15, -0.1) is 0 Å². The summed E-state index contributed by atoms with van der Waals surface area (Å²) < 4.78 is 5.31. The monoisotopic (exact) mass is 309 g/mol. The molecule has 0 saturated carbocycles. The number of nitrogens with zero attached hydrogens (tertiary/aromatic N) is 4. The topological polar surface area (TPSA) is 83.8 Å². The van der Waals surface area contributed by atoms with E-state index in [0.717, 1.165) is 58.3 Å². The van der Waals surface area contributed by atoms with Crippen molar-refractivity contribution >= 4 is 11.5 Å². The molecule has 1 aromatic heterocycles. The molecule has 8 heteroatoms. The summed E-state index contributed by atoms with van der Waals surface area (Å²) in [5, 5.41) is 14.0. The summed E-state index contributed by atoms with van der Waals surface area (Å²) in [5.41, 5.74) is 0.0146. The summed E-state index contributed by atoms with van der Waals surface area (Å²) in [6.45, 7) is 7.30. The van der Waals surface area contributed by atoms with Crippen molar-refractivity contribution < 1.29 is 9.66 Å². The van der Waals surface area contributed by atoms with Gasteiger partial charge in [-0.1, -0.05) is 0 Å². The molecule has 0 spiro atoms. The maximum absolute atomic E-state index is 10.6. The molecule has 1 aliphatic heterocycles. The third-order valence-electron chi connectivity index (χ3n) is 3.67. The molecule has 0 radical (unpaired) electrons. The Morgan fingerprint density at radius 3 is 2.82 bits per heavy atom. The first kappa shape index (κ1) is 16.6. The van der Waals surface area contributed by atoms with E-state index in [0.29, 0.717) is 0 Å². The molecule has 2 rings (SSSR count). The zero-order chi connectivity index (χ0) is 15.8. The van der Waals surface area contributed by atoms with Crippen LogP contribution in [-0.2, 0) is 4.74 Å². The molecule has 0 amide bonds. The SMILES string of the molecule is CN(CCNCCN1CCOCC1)c1ccc([N+](=O)[O-])cn1.